The molecule has 0 fully saturated rings. The molecule has 0 aliphatic heterocycles. The lowest BCUT2D eigenvalue weighted by molar-refractivity contribution is -0.122. The van der Waals surface area contributed by atoms with Crippen LogP contribution in [-0.4, -0.2) is 15.5 Å². The molecule has 0 aliphatic carbocycles. The van der Waals surface area contributed by atoms with Crippen molar-refractivity contribution < 1.29 is 4.79 Å². The third kappa shape index (κ3) is 2.99. The van der Waals surface area contributed by atoms with Gasteiger partial charge in [0.25, 0.3) is 5.56 Å². The summed E-state index contributed by atoms with van der Waals surface area (Å²) in [6.45, 7) is 1.90. The number of fused-ring (bicyclic) bond motifs is 2. The highest BCUT2D eigenvalue weighted by atomic mass is 32.1. The SMILES string of the molecule is CC(NC(=O)Cn1cnc2sccc2c1=O)c1cccc2ccccc12. The number of carbonyl (C=O) groups excluding carboxylic acids is 1. The van der Waals surface area contributed by atoms with E-state index < -0.39 is 0 Å². The number of amides is 1. The van der Waals surface area contributed by atoms with Gasteiger partial charge in [0.05, 0.1) is 17.8 Å². The molecule has 0 saturated carbocycles. The molecule has 1 atom stereocenters. The largest absolute Gasteiger partial charge is 0.348 e. The van der Waals surface area contributed by atoms with Crippen molar-refractivity contribution in [3.63, 3.8) is 0 Å². The highest BCUT2D eigenvalue weighted by molar-refractivity contribution is 7.16. The first kappa shape index (κ1) is 16.5. The van der Waals surface area contributed by atoms with Crippen molar-refractivity contribution in [1.82, 2.24) is 14.9 Å². The van der Waals surface area contributed by atoms with Crippen LogP contribution in [0.3, 0.4) is 0 Å². The van der Waals surface area contributed by atoms with Crippen molar-refractivity contribution in [3.05, 3.63) is 76.2 Å². The molecule has 4 rings (SSSR count). The summed E-state index contributed by atoms with van der Waals surface area (Å²) in [5, 5.41) is 7.60. The molecule has 6 heteroatoms. The van der Waals surface area contributed by atoms with Crippen molar-refractivity contribution in [2.75, 3.05) is 0 Å². The molecule has 0 bridgehead atoms. The number of nitrogens with zero attached hydrogens (tertiary/aromatic N) is 2. The molecule has 2 heterocycles. The number of hydrogen-bond acceptors (Lipinski definition) is 4. The van der Waals surface area contributed by atoms with Gasteiger partial charge in [-0.1, -0.05) is 42.5 Å². The number of carbonyl (C=O) groups is 1. The summed E-state index contributed by atoms with van der Waals surface area (Å²) < 4.78 is 1.35. The lowest BCUT2D eigenvalue weighted by Crippen LogP contribution is -2.33. The summed E-state index contributed by atoms with van der Waals surface area (Å²) in [6, 6.07) is 15.7. The first-order valence-electron chi connectivity index (χ1n) is 8.33. The van der Waals surface area contributed by atoms with Crippen molar-refractivity contribution >= 4 is 38.2 Å². The van der Waals surface area contributed by atoms with Crippen molar-refractivity contribution in [2.45, 2.75) is 19.5 Å². The van der Waals surface area contributed by atoms with E-state index in [1.165, 1.54) is 22.2 Å². The second-order valence-corrected chi connectivity index (χ2v) is 7.07. The lowest BCUT2D eigenvalue weighted by Gasteiger charge is -2.17. The standard InChI is InChI=1S/C20H17N3O2S/c1-13(15-8-4-6-14-5-2-3-7-16(14)15)22-18(24)11-23-12-21-19-17(20(23)25)9-10-26-19/h2-10,12-13H,11H2,1H3,(H,22,24). The van der Waals surface area contributed by atoms with Gasteiger partial charge < -0.3 is 5.32 Å². The molecule has 1 unspecified atom stereocenters. The van der Waals surface area contributed by atoms with E-state index in [0.717, 1.165) is 16.3 Å². The van der Waals surface area contributed by atoms with Crippen molar-refractivity contribution in [1.29, 1.82) is 0 Å². The molecule has 0 spiro atoms. The second-order valence-electron chi connectivity index (χ2n) is 6.17. The summed E-state index contributed by atoms with van der Waals surface area (Å²) in [5.74, 6) is -0.219. The van der Waals surface area contributed by atoms with Gasteiger partial charge in [0, 0.05) is 0 Å². The Hall–Kier alpha value is -2.99. The van der Waals surface area contributed by atoms with E-state index in [1.807, 2.05) is 42.6 Å². The summed E-state index contributed by atoms with van der Waals surface area (Å²) in [4.78, 5) is 29.8. The zero-order valence-electron chi connectivity index (χ0n) is 14.2. The molecule has 26 heavy (non-hydrogen) atoms. The van der Waals surface area contributed by atoms with E-state index in [4.69, 9.17) is 0 Å². The Morgan fingerprint density at radius 1 is 1.15 bits per heavy atom. The minimum absolute atomic E-state index is 0.0489. The number of nitrogens with one attached hydrogen (secondary N) is 1. The maximum atomic E-state index is 12.5. The Balaban J connectivity index is 1.55. The Labute approximate surface area is 153 Å². The number of benzene rings is 2. The maximum Gasteiger partial charge on any atom is 0.262 e. The number of hydrogen-bond donors (Lipinski definition) is 1. The molecule has 4 aromatic rings. The highest BCUT2D eigenvalue weighted by Crippen LogP contribution is 2.24. The fraction of sp³-hybridized carbons (Fsp3) is 0.150. The number of thiophene rings is 1. The topological polar surface area (TPSA) is 64.0 Å². The fourth-order valence-electron chi connectivity index (χ4n) is 3.15. The molecule has 0 saturated heterocycles. The summed E-state index contributed by atoms with van der Waals surface area (Å²) in [5.41, 5.74) is 0.861. The summed E-state index contributed by atoms with van der Waals surface area (Å²) in [6.07, 6.45) is 1.43. The predicted octanol–water partition coefficient (Wildman–Crippen LogP) is 3.49. The Bertz CT molecular complexity index is 1160. The quantitative estimate of drug-likeness (QED) is 0.604. The van der Waals surface area contributed by atoms with E-state index in [1.54, 1.807) is 6.07 Å². The third-order valence-electron chi connectivity index (χ3n) is 4.43. The minimum Gasteiger partial charge on any atom is -0.348 e. The van der Waals surface area contributed by atoms with Gasteiger partial charge in [-0.15, -0.1) is 11.3 Å². The third-order valence-corrected chi connectivity index (χ3v) is 5.25. The molecule has 2 aromatic heterocycles. The first-order valence-corrected chi connectivity index (χ1v) is 9.21. The Kier molecular flexibility index (Phi) is 4.26. The van der Waals surface area contributed by atoms with Gasteiger partial charge in [0.1, 0.15) is 11.4 Å². The van der Waals surface area contributed by atoms with Crippen LogP contribution in [0.25, 0.3) is 21.0 Å². The molecule has 5 nitrogen and oxygen atoms in total. The molecule has 1 amide bonds. The molecule has 1 N–H and O–H groups in total. The molecule has 2 aromatic carbocycles. The molecule has 0 aliphatic rings. The predicted molar refractivity (Wildman–Crippen MR) is 104 cm³/mol. The zero-order chi connectivity index (χ0) is 18.1. The van der Waals surface area contributed by atoms with E-state index in [2.05, 4.69) is 22.4 Å². The van der Waals surface area contributed by atoms with Gasteiger partial charge >= 0.3 is 0 Å². The van der Waals surface area contributed by atoms with Crippen LogP contribution in [0, 0.1) is 0 Å². The minimum atomic E-state index is -0.219. The Morgan fingerprint density at radius 3 is 2.85 bits per heavy atom. The molecular formula is C20H17N3O2S. The fourth-order valence-corrected chi connectivity index (χ4v) is 3.88. The van der Waals surface area contributed by atoms with Gasteiger partial charge in [-0.25, -0.2) is 4.98 Å². The van der Waals surface area contributed by atoms with Crippen LogP contribution in [0.2, 0.25) is 0 Å². The van der Waals surface area contributed by atoms with Crippen LogP contribution < -0.4 is 10.9 Å². The smallest absolute Gasteiger partial charge is 0.262 e. The van der Waals surface area contributed by atoms with Crippen LogP contribution in [0.15, 0.2) is 65.0 Å². The molecule has 130 valence electrons. The zero-order valence-corrected chi connectivity index (χ0v) is 15.0. The summed E-state index contributed by atoms with van der Waals surface area (Å²) in [7, 11) is 0. The maximum absolute atomic E-state index is 12.5. The first-order chi connectivity index (χ1) is 12.6. The highest BCUT2D eigenvalue weighted by Gasteiger charge is 2.14. The lowest BCUT2D eigenvalue weighted by atomic mass is 10.00. The van der Waals surface area contributed by atoms with Gasteiger partial charge in [-0.3, -0.25) is 14.2 Å². The van der Waals surface area contributed by atoms with E-state index in [-0.39, 0.29) is 24.1 Å². The molecule has 0 radical (unpaired) electrons. The van der Waals surface area contributed by atoms with Crippen LogP contribution in [0.4, 0.5) is 0 Å². The average Bonchev–Trinajstić information content (AvgIpc) is 3.13. The molecular weight excluding hydrogens is 346 g/mol. The van der Waals surface area contributed by atoms with Crippen LogP contribution >= 0.6 is 11.3 Å². The monoisotopic (exact) mass is 363 g/mol. The van der Waals surface area contributed by atoms with Gasteiger partial charge in [-0.2, -0.15) is 0 Å². The van der Waals surface area contributed by atoms with Crippen LogP contribution in [-0.2, 0) is 11.3 Å². The van der Waals surface area contributed by atoms with Crippen molar-refractivity contribution in [3.8, 4) is 0 Å². The Morgan fingerprint density at radius 2 is 1.96 bits per heavy atom. The van der Waals surface area contributed by atoms with Crippen molar-refractivity contribution in [2.24, 2.45) is 0 Å². The van der Waals surface area contributed by atoms with E-state index >= 15 is 0 Å². The normalized spacial score (nSPS) is 12.3. The van der Waals surface area contributed by atoms with E-state index in [0.29, 0.717) is 10.2 Å². The van der Waals surface area contributed by atoms with Crippen LogP contribution in [0.5, 0.6) is 0 Å². The number of aromatic nitrogens is 2. The summed E-state index contributed by atoms with van der Waals surface area (Å²) >= 11 is 1.41. The van der Waals surface area contributed by atoms with Gasteiger partial charge in [-0.05, 0) is 34.7 Å². The number of rotatable bonds is 4. The van der Waals surface area contributed by atoms with Gasteiger partial charge in [0.2, 0.25) is 5.91 Å². The van der Waals surface area contributed by atoms with Gasteiger partial charge in [0.15, 0.2) is 0 Å². The van der Waals surface area contributed by atoms with E-state index in [9.17, 15) is 9.59 Å². The van der Waals surface area contributed by atoms with Crippen LogP contribution in [0.1, 0.15) is 18.5 Å². The second kappa shape index (κ2) is 6.72. The average molecular weight is 363 g/mol.